The van der Waals surface area contributed by atoms with E-state index >= 15 is 0 Å². The van der Waals surface area contributed by atoms with Crippen LogP contribution in [0.5, 0.6) is 5.75 Å². The molecule has 1 amide bonds. The van der Waals surface area contributed by atoms with Gasteiger partial charge in [-0.15, -0.1) is 0 Å². The summed E-state index contributed by atoms with van der Waals surface area (Å²) in [6, 6.07) is 5.58. The molecule has 4 heterocycles. The van der Waals surface area contributed by atoms with Crippen molar-refractivity contribution in [2.24, 2.45) is 5.92 Å². The predicted molar refractivity (Wildman–Crippen MR) is 90.5 cm³/mol. The molecule has 0 N–H and O–H groups in total. The van der Waals surface area contributed by atoms with E-state index in [1.807, 2.05) is 30.0 Å². The summed E-state index contributed by atoms with van der Waals surface area (Å²) in [5.74, 6) is 1.58. The fourth-order valence-electron chi connectivity index (χ4n) is 3.77. The van der Waals surface area contributed by atoms with Gasteiger partial charge in [-0.1, -0.05) is 0 Å². The first kappa shape index (κ1) is 16.1. The van der Waals surface area contributed by atoms with Crippen LogP contribution in [-0.4, -0.2) is 47.7 Å². The highest BCUT2D eigenvalue weighted by Crippen LogP contribution is 2.42. The fraction of sp³-hybridized carbons (Fsp3) is 0.474. The van der Waals surface area contributed by atoms with Crippen molar-refractivity contribution in [1.82, 2.24) is 9.88 Å². The first-order valence-electron chi connectivity index (χ1n) is 8.68. The monoisotopic (exact) mass is 342 g/mol. The number of carbonyl (C=O) groups excluding carboxylic acids is 1. The number of ether oxygens (including phenoxy) is 2. The van der Waals surface area contributed by atoms with Crippen molar-refractivity contribution in [2.75, 3.05) is 26.3 Å². The average Bonchev–Trinajstić information content (AvgIpc) is 3.20. The second-order valence-electron chi connectivity index (χ2n) is 6.82. The zero-order chi connectivity index (χ0) is 17.3. The summed E-state index contributed by atoms with van der Waals surface area (Å²) in [4.78, 5) is 18.4. The molecule has 132 valence electrons. The summed E-state index contributed by atoms with van der Waals surface area (Å²) in [7, 11) is 0. The number of hydrogen-bond donors (Lipinski definition) is 0. The summed E-state index contributed by atoms with van der Waals surface area (Å²) < 4.78 is 17.1. The Kier molecular flexibility index (Phi) is 4.21. The van der Waals surface area contributed by atoms with E-state index in [1.165, 1.54) is 0 Å². The molecule has 25 heavy (non-hydrogen) atoms. The molecule has 0 bridgehead atoms. The summed E-state index contributed by atoms with van der Waals surface area (Å²) in [5, 5.41) is 0. The Labute approximate surface area is 146 Å². The van der Waals surface area contributed by atoms with E-state index in [0.29, 0.717) is 31.4 Å². The van der Waals surface area contributed by atoms with Crippen molar-refractivity contribution in [3.05, 3.63) is 48.2 Å². The lowest BCUT2D eigenvalue weighted by Crippen LogP contribution is -2.66. The number of likely N-dealkylation sites (tertiary alicyclic amines) is 1. The van der Waals surface area contributed by atoms with Gasteiger partial charge >= 0.3 is 0 Å². The quantitative estimate of drug-likeness (QED) is 0.836. The third-order valence-electron chi connectivity index (χ3n) is 5.23. The number of aryl methyl sites for hydroxylation is 1. The standard InChI is InChI=1S/C19H22N2O4/c1-14-4-8-24-17(14)18(22)21-12-19(13-21)15(6-10-25-19)5-9-23-16-3-2-7-20-11-16/h2-4,7-8,11,15H,5-6,9-10,12-13H2,1H3/t15-/m1/s1. The lowest BCUT2D eigenvalue weighted by atomic mass is 9.79. The van der Waals surface area contributed by atoms with Crippen LogP contribution in [0.15, 0.2) is 41.3 Å². The van der Waals surface area contributed by atoms with Crippen molar-refractivity contribution in [3.63, 3.8) is 0 Å². The highest BCUT2D eigenvalue weighted by Gasteiger charge is 2.54. The van der Waals surface area contributed by atoms with Gasteiger partial charge in [-0.25, -0.2) is 0 Å². The van der Waals surface area contributed by atoms with Gasteiger partial charge in [0.1, 0.15) is 11.4 Å². The van der Waals surface area contributed by atoms with Crippen LogP contribution in [0.4, 0.5) is 0 Å². The SMILES string of the molecule is Cc1ccoc1C(=O)N1CC2(C1)OCC[C@H]2CCOc1cccnc1. The normalized spacial score (nSPS) is 21.3. The van der Waals surface area contributed by atoms with E-state index in [0.717, 1.165) is 30.8 Å². The molecule has 2 aromatic heterocycles. The molecule has 1 atom stereocenters. The maximum atomic E-state index is 12.5. The molecular formula is C19H22N2O4. The van der Waals surface area contributed by atoms with Gasteiger partial charge in [0.15, 0.2) is 5.76 Å². The number of aromatic nitrogens is 1. The van der Waals surface area contributed by atoms with Crippen LogP contribution in [0.1, 0.15) is 29.0 Å². The zero-order valence-corrected chi connectivity index (χ0v) is 14.3. The molecular weight excluding hydrogens is 320 g/mol. The first-order chi connectivity index (χ1) is 12.2. The smallest absolute Gasteiger partial charge is 0.290 e. The molecule has 4 rings (SSSR count). The largest absolute Gasteiger partial charge is 0.492 e. The summed E-state index contributed by atoms with van der Waals surface area (Å²) in [5.41, 5.74) is 0.661. The summed E-state index contributed by atoms with van der Waals surface area (Å²) in [6.07, 6.45) is 6.93. The number of pyridine rings is 1. The lowest BCUT2D eigenvalue weighted by molar-refractivity contribution is -0.119. The average molecular weight is 342 g/mol. The van der Waals surface area contributed by atoms with Crippen molar-refractivity contribution in [1.29, 1.82) is 0 Å². The molecule has 6 nitrogen and oxygen atoms in total. The summed E-state index contributed by atoms with van der Waals surface area (Å²) >= 11 is 0. The minimum atomic E-state index is -0.214. The predicted octanol–water partition coefficient (Wildman–Crippen LogP) is 2.68. The lowest BCUT2D eigenvalue weighted by Gasteiger charge is -2.50. The Morgan fingerprint density at radius 3 is 3.04 bits per heavy atom. The fourth-order valence-corrected chi connectivity index (χ4v) is 3.77. The molecule has 0 aliphatic carbocycles. The Morgan fingerprint density at radius 2 is 2.32 bits per heavy atom. The second kappa shape index (κ2) is 6.52. The Morgan fingerprint density at radius 1 is 1.44 bits per heavy atom. The van der Waals surface area contributed by atoms with Crippen molar-refractivity contribution in [2.45, 2.75) is 25.4 Å². The molecule has 2 aliphatic heterocycles. The van der Waals surface area contributed by atoms with Gasteiger partial charge in [-0.3, -0.25) is 9.78 Å². The van der Waals surface area contributed by atoms with Crippen LogP contribution >= 0.6 is 0 Å². The second-order valence-corrected chi connectivity index (χ2v) is 6.82. The van der Waals surface area contributed by atoms with Gasteiger partial charge in [0.2, 0.25) is 0 Å². The number of amides is 1. The Balaban J connectivity index is 1.32. The van der Waals surface area contributed by atoms with Gasteiger partial charge in [-0.05, 0) is 43.9 Å². The number of hydrogen-bond acceptors (Lipinski definition) is 5. The van der Waals surface area contributed by atoms with Crippen LogP contribution in [0.2, 0.25) is 0 Å². The molecule has 2 fully saturated rings. The van der Waals surface area contributed by atoms with E-state index in [2.05, 4.69) is 4.98 Å². The van der Waals surface area contributed by atoms with Crippen LogP contribution in [0, 0.1) is 12.8 Å². The summed E-state index contributed by atoms with van der Waals surface area (Å²) in [6.45, 7) is 4.52. The number of furan rings is 1. The van der Waals surface area contributed by atoms with Gasteiger partial charge in [0, 0.05) is 18.4 Å². The van der Waals surface area contributed by atoms with E-state index in [1.54, 1.807) is 18.7 Å². The first-order valence-corrected chi connectivity index (χ1v) is 8.68. The van der Waals surface area contributed by atoms with Crippen molar-refractivity contribution in [3.8, 4) is 5.75 Å². The number of carbonyl (C=O) groups is 1. The maximum Gasteiger partial charge on any atom is 0.290 e. The number of nitrogens with zero attached hydrogens (tertiary/aromatic N) is 2. The van der Waals surface area contributed by atoms with Crippen molar-refractivity contribution < 1.29 is 18.7 Å². The van der Waals surface area contributed by atoms with Crippen LogP contribution < -0.4 is 4.74 Å². The molecule has 0 saturated carbocycles. The van der Waals surface area contributed by atoms with Crippen LogP contribution in [-0.2, 0) is 4.74 Å². The molecule has 2 aliphatic rings. The maximum absolute atomic E-state index is 12.5. The van der Waals surface area contributed by atoms with Gasteiger partial charge in [0.05, 0.1) is 32.2 Å². The van der Waals surface area contributed by atoms with E-state index < -0.39 is 0 Å². The van der Waals surface area contributed by atoms with Crippen molar-refractivity contribution >= 4 is 5.91 Å². The molecule has 6 heteroatoms. The molecule has 2 saturated heterocycles. The molecule has 1 spiro atoms. The van der Waals surface area contributed by atoms with Crippen LogP contribution in [0.25, 0.3) is 0 Å². The minimum absolute atomic E-state index is 0.0472. The highest BCUT2D eigenvalue weighted by molar-refractivity contribution is 5.93. The molecule has 0 aromatic carbocycles. The number of rotatable bonds is 5. The third kappa shape index (κ3) is 3.02. The minimum Gasteiger partial charge on any atom is -0.492 e. The van der Waals surface area contributed by atoms with E-state index in [4.69, 9.17) is 13.9 Å². The molecule has 2 aromatic rings. The molecule has 0 unspecified atom stereocenters. The van der Waals surface area contributed by atoms with Gasteiger partial charge < -0.3 is 18.8 Å². The van der Waals surface area contributed by atoms with E-state index in [9.17, 15) is 4.79 Å². The van der Waals surface area contributed by atoms with Crippen LogP contribution in [0.3, 0.4) is 0 Å². The zero-order valence-electron chi connectivity index (χ0n) is 14.3. The Hall–Kier alpha value is -2.34. The topological polar surface area (TPSA) is 64.8 Å². The van der Waals surface area contributed by atoms with Gasteiger partial charge in [0.25, 0.3) is 5.91 Å². The molecule has 0 radical (unpaired) electrons. The van der Waals surface area contributed by atoms with E-state index in [-0.39, 0.29) is 11.5 Å². The van der Waals surface area contributed by atoms with Gasteiger partial charge in [-0.2, -0.15) is 0 Å². The Bertz CT molecular complexity index is 737. The third-order valence-corrected chi connectivity index (χ3v) is 5.23. The highest BCUT2D eigenvalue weighted by atomic mass is 16.5.